The molecule has 0 spiro atoms. The monoisotopic (exact) mass is 256 g/mol. The Balaban J connectivity index is 1.91. The number of ether oxygens (including phenoxy) is 1. The second-order valence-electron chi connectivity index (χ2n) is 5.11. The SMILES string of the molecule is O=C(CC1CCNC1)NC1(C(=O)O)CCOCC1. The van der Waals surface area contributed by atoms with Crippen molar-refractivity contribution in [2.45, 2.75) is 31.2 Å². The standard InChI is InChI=1S/C12H20N2O4/c15-10(7-9-1-4-13-8-9)14-12(11(16)17)2-5-18-6-3-12/h9,13H,1-8H2,(H,14,15)(H,16,17). The lowest BCUT2D eigenvalue weighted by molar-refractivity contribution is -0.152. The Hall–Kier alpha value is -1.14. The molecular weight excluding hydrogens is 236 g/mol. The van der Waals surface area contributed by atoms with Crippen molar-refractivity contribution in [2.24, 2.45) is 5.92 Å². The van der Waals surface area contributed by atoms with Gasteiger partial charge in [0.1, 0.15) is 5.54 Å². The molecule has 18 heavy (non-hydrogen) atoms. The summed E-state index contributed by atoms with van der Waals surface area (Å²) in [6, 6.07) is 0. The normalized spacial score (nSPS) is 26.8. The molecule has 1 unspecified atom stereocenters. The number of carboxylic acids is 1. The molecule has 0 saturated carbocycles. The maximum Gasteiger partial charge on any atom is 0.329 e. The van der Waals surface area contributed by atoms with Crippen LogP contribution in [-0.2, 0) is 14.3 Å². The highest BCUT2D eigenvalue weighted by Crippen LogP contribution is 2.22. The quantitative estimate of drug-likeness (QED) is 0.645. The van der Waals surface area contributed by atoms with Crippen molar-refractivity contribution in [3.63, 3.8) is 0 Å². The summed E-state index contributed by atoms with van der Waals surface area (Å²) in [5, 5.41) is 15.2. The van der Waals surface area contributed by atoms with Gasteiger partial charge in [-0.15, -0.1) is 0 Å². The number of rotatable bonds is 4. The molecule has 6 nitrogen and oxygen atoms in total. The third-order valence-electron chi connectivity index (χ3n) is 3.77. The highest BCUT2D eigenvalue weighted by molar-refractivity contribution is 5.87. The van der Waals surface area contributed by atoms with Crippen LogP contribution in [0.25, 0.3) is 0 Å². The van der Waals surface area contributed by atoms with Crippen LogP contribution in [0.15, 0.2) is 0 Å². The van der Waals surface area contributed by atoms with Gasteiger partial charge in [-0.05, 0) is 25.4 Å². The minimum atomic E-state index is -1.12. The molecule has 2 aliphatic rings. The lowest BCUT2D eigenvalue weighted by Gasteiger charge is -2.34. The number of amides is 1. The van der Waals surface area contributed by atoms with E-state index in [0.29, 0.717) is 38.4 Å². The van der Waals surface area contributed by atoms with Crippen molar-refractivity contribution < 1.29 is 19.4 Å². The minimum Gasteiger partial charge on any atom is -0.480 e. The van der Waals surface area contributed by atoms with E-state index in [4.69, 9.17) is 4.74 Å². The van der Waals surface area contributed by atoms with Gasteiger partial charge < -0.3 is 20.5 Å². The Morgan fingerprint density at radius 2 is 2.11 bits per heavy atom. The molecule has 1 amide bonds. The predicted octanol–water partition coefficient (Wildman–Crippen LogP) is -0.264. The van der Waals surface area contributed by atoms with E-state index in [9.17, 15) is 14.7 Å². The summed E-state index contributed by atoms with van der Waals surface area (Å²) in [5.74, 6) is -0.785. The molecule has 2 aliphatic heterocycles. The molecule has 2 fully saturated rings. The summed E-state index contributed by atoms with van der Waals surface area (Å²) in [4.78, 5) is 23.3. The van der Waals surface area contributed by atoms with Crippen LogP contribution < -0.4 is 10.6 Å². The second kappa shape index (κ2) is 5.67. The van der Waals surface area contributed by atoms with E-state index in [1.807, 2.05) is 0 Å². The molecule has 0 bridgehead atoms. The first-order valence-corrected chi connectivity index (χ1v) is 6.45. The predicted molar refractivity (Wildman–Crippen MR) is 64.2 cm³/mol. The maximum absolute atomic E-state index is 11.9. The molecule has 0 radical (unpaired) electrons. The largest absolute Gasteiger partial charge is 0.480 e. The summed E-state index contributed by atoms with van der Waals surface area (Å²) in [7, 11) is 0. The summed E-state index contributed by atoms with van der Waals surface area (Å²) in [6.45, 7) is 2.56. The van der Waals surface area contributed by atoms with Gasteiger partial charge in [-0.2, -0.15) is 0 Å². The second-order valence-corrected chi connectivity index (χ2v) is 5.11. The van der Waals surface area contributed by atoms with E-state index >= 15 is 0 Å². The van der Waals surface area contributed by atoms with Gasteiger partial charge in [-0.3, -0.25) is 4.79 Å². The van der Waals surface area contributed by atoms with Crippen molar-refractivity contribution in [1.82, 2.24) is 10.6 Å². The fourth-order valence-corrected chi connectivity index (χ4v) is 2.58. The zero-order chi connectivity index (χ0) is 13.0. The molecule has 2 rings (SSSR count). The maximum atomic E-state index is 11.9. The molecule has 2 saturated heterocycles. The third-order valence-corrected chi connectivity index (χ3v) is 3.77. The zero-order valence-corrected chi connectivity index (χ0v) is 10.4. The topological polar surface area (TPSA) is 87.7 Å². The summed E-state index contributed by atoms with van der Waals surface area (Å²) in [6.07, 6.45) is 2.08. The molecule has 0 aromatic rings. The van der Waals surface area contributed by atoms with Crippen LogP contribution in [0.3, 0.4) is 0 Å². The van der Waals surface area contributed by atoms with Gasteiger partial charge in [-0.25, -0.2) is 4.79 Å². The Kier molecular flexibility index (Phi) is 4.19. The van der Waals surface area contributed by atoms with E-state index in [0.717, 1.165) is 19.5 Å². The van der Waals surface area contributed by atoms with Crippen molar-refractivity contribution in [3.05, 3.63) is 0 Å². The summed E-state index contributed by atoms with van der Waals surface area (Å²) in [5.41, 5.74) is -1.12. The third kappa shape index (κ3) is 3.00. The van der Waals surface area contributed by atoms with E-state index in [1.165, 1.54) is 0 Å². The van der Waals surface area contributed by atoms with Crippen molar-refractivity contribution in [2.75, 3.05) is 26.3 Å². The molecule has 0 aromatic heterocycles. The van der Waals surface area contributed by atoms with E-state index in [1.54, 1.807) is 0 Å². The molecule has 2 heterocycles. The van der Waals surface area contributed by atoms with Gasteiger partial charge in [-0.1, -0.05) is 0 Å². The molecule has 102 valence electrons. The van der Waals surface area contributed by atoms with Crippen LogP contribution in [0.5, 0.6) is 0 Å². The van der Waals surface area contributed by atoms with Gasteiger partial charge in [0, 0.05) is 32.5 Å². The number of carboxylic acid groups (broad SMARTS) is 1. The first kappa shape index (κ1) is 13.3. The van der Waals surface area contributed by atoms with Crippen LogP contribution in [0.1, 0.15) is 25.7 Å². The fourth-order valence-electron chi connectivity index (χ4n) is 2.58. The van der Waals surface area contributed by atoms with Crippen LogP contribution in [-0.4, -0.2) is 48.8 Å². The highest BCUT2D eigenvalue weighted by Gasteiger charge is 2.41. The number of aliphatic carboxylic acids is 1. The Morgan fingerprint density at radius 1 is 1.39 bits per heavy atom. The number of hydrogen-bond donors (Lipinski definition) is 3. The minimum absolute atomic E-state index is 0.159. The van der Waals surface area contributed by atoms with Gasteiger partial charge in [0.25, 0.3) is 0 Å². The van der Waals surface area contributed by atoms with Gasteiger partial charge in [0.05, 0.1) is 0 Å². The van der Waals surface area contributed by atoms with Crippen LogP contribution in [0.2, 0.25) is 0 Å². The number of nitrogens with one attached hydrogen (secondary N) is 2. The molecular formula is C12H20N2O4. The molecule has 6 heteroatoms. The first-order chi connectivity index (χ1) is 8.62. The Bertz CT molecular complexity index is 320. The van der Waals surface area contributed by atoms with Gasteiger partial charge in [0.2, 0.25) is 5.91 Å². The van der Waals surface area contributed by atoms with Crippen molar-refractivity contribution in [3.8, 4) is 0 Å². The number of hydrogen-bond acceptors (Lipinski definition) is 4. The van der Waals surface area contributed by atoms with E-state index < -0.39 is 11.5 Å². The fraction of sp³-hybridized carbons (Fsp3) is 0.833. The van der Waals surface area contributed by atoms with E-state index in [2.05, 4.69) is 10.6 Å². The lowest BCUT2D eigenvalue weighted by Crippen LogP contribution is -2.57. The molecule has 0 aromatic carbocycles. The van der Waals surface area contributed by atoms with E-state index in [-0.39, 0.29) is 5.91 Å². The Morgan fingerprint density at radius 3 is 2.67 bits per heavy atom. The number of carbonyl (C=O) groups is 2. The average Bonchev–Trinajstić information content (AvgIpc) is 2.82. The molecule has 1 atom stereocenters. The first-order valence-electron chi connectivity index (χ1n) is 6.45. The summed E-state index contributed by atoms with van der Waals surface area (Å²) < 4.78 is 5.17. The molecule has 3 N–H and O–H groups in total. The smallest absolute Gasteiger partial charge is 0.329 e. The zero-order valence-electron chi connectivity index (χ0n) is 10.4. The van der Waals surface area contributed by atoms with Gasteiger partial charge >= 0.3 is 5.97 Å². The van der Waals surface area contributed by atoms with Crippen LogP contribution >= 0.6 is 0 Å². The number of carbonyl (C=O) groups excluding carboxylic acids is 1. The van der Waals surface area contributed by atoms with Crippen molar-refractivity contribution >= 4 is 11.9 Å². The van der Waals surface area contributed by atoms with Crippen LogP contribution in [0, 0.1) is 5.92 Å². The Labute approximate surface area is 106 Å². The highest BCUT2D eigenvalue weighted by atomic mass is 16.5. The lowest BCUT2D eigenvalue weighted by atomic mass is 9.89. The van der Waals surface area contributed by atoms with Crippen LogP contribution in [0.4, 0.5) is 0 Å². The summed E-state index contributed by atoms with van der Waals surface area (Å²) >= 11 is 0. The van der Waals surface area contributed by atoms with Crippen molar-refractivity contribution in [1.29, 1.82) is 0 Å². The molecule has 0 aliphatic carbocycles. The van der Waals surface area contributed by atoms with Gasteiger partial charge in [0.15, 0.2) is 0 Å². The average molecular weight is 256 g/mol.